The first-order chi connectivity index (χ1) is 10.0. The minimum absolute atomic E-state index is 0.403. The van der Waals surface area contributed by atoms with Crippen molar-refractivity contribution in [3.63, 3.8) is 0 Å². The highest BCUT2D eigenvalue weighted by Gasteiger charge is 2.10. The Morgan fingerprint density at radius 1 is 0.810 bits per heavy atom. The molecule has 0 aliphatic heterocycles. The van der Waals surface area contributed by atoms with Crippen molar-refractivity contribution in [1.82, 2.24) is 19.6 Å². The maximum Gasteiger partial charge on any atom is 0.145 e. The van der Waals surface area contributed by atoms with Crippen LogP contribution in [0.25, 0.3) is 0 Å². The summed E-state index contributed by atoms with van der Waals surface area (Å²) in [4.78, 5) is 0. The largest absolute Gasteiger partial charge is 0.462 e. The van der Waals surface area contributed by atoms with E-state index in [1.807, 2.05) is 12.1 Å². The molecule has 0 unspecified atom stereocenters. The molecule has 0 fully saturated rings. The molecule has 0 bridgehead atoms. The number of hydrogen-bond acceptors (Lipinski definition) is 7. The van der Waals surface area contributed by atoms with E-state index < -0.39 is 0 Å². The lowest BCUT2D eigenvalue weighted by molar-refractivity contribution is 0.430. The van der Waals surface area contributed by atoms with Gasteiger partial charge in [-0.15, -0.1) is 0 Å². The maximum atomic E-state index is 5.79. The van der Waals surface area contributed by atoms with Gasteiger partial charge in [0.15, 0.2) is 0 Å². The number of rotatable bonds is 4. The van der Waals surface area contributed by atoms with Crippen LogP contribution in [0.3, 0.4) is 0 Å². The van der Waals surface area contributed by atoms with Gasteiger partial charge in [0.2, 0.25) is 0 Å². The van der Waals surface area contributed by atoms with Crippen molar-refractivity contribution in [2.75, 3.05) is 22.9 Å². The Morgan fingerprint density at radius 3 is 1.57 bits per heavy atom. The van der Waals surface area contributed by atoms with Crippen LogP contribution in [0.5, 0.6) is 0 Å². The molecule has 0 saturated carbocycles. The molecule has 21 heavy (non-hydrogen) atoms. The van der Waals surface area contributed by atoms with Crippen molar-refractivity contribution in [1.29, 1.82) is 0 Å². The third-order valence-electron chi connectivity index (χ3n) is 3.15. The van der Waals surface area contributed by atoms with E-state index in [0.717, 1.165) is 0 Å². The lowest BCUT2D eigenvalue weighted by atomic mass is 10.4. The molecule has 0 spiro atoms. The molecule has 0 aromatic carbocycles. The van der Waals surface area contributed by atoms with Crippen molar-refractivity contribution in [3.05, 3.63) is 36.0 Å². The molecule has 0 saturated heterocycles. The molecule has 0 amide bonds. The average Bonchev–Trinajstić information content (AvgIpc) is 3.12. The molecule has 3 aromatic rings. The molecule has 9 heteroatoms. The fourth-order valence-electron chi connectivity index (χ4n) is 1.96. The van der Waals surface area contributed by atoms with E-state index in [1.54, 1.807) is 9.36 Å². The van der Waals surface area contributed by atoms with Crippen LogP contribution in [0, 0.1) is 0 Å². The Kier molecular flexibility index (Phi) is 2.94. The Morgan fingerprint density at radius 2 is 1.24 bits per heavy atom. The summed E-state index contributed by atoms with van der Waals surface area (Å²) >= 11 is 0. The summed E-state index contributed by atoms with van der Waals surface area (Å²) < 4.78 is 8.84. The molecule has 3 heterocycles. The van der Waals surface area contributed by atoms with Gasteiger partial charge in [-0.2, -0.15) is 10.2 Å². The summed E-state index contributed by atoms with van der Waals surface area (Å²) in [5, 5.41) is 8.15. The van der Waals surface area contributed by atoms with Gasteiger partial charge in [-0.3, -0.25) is 0 Å². The first-order valence-corrected chi connectivity index (χ1v) is 6.25. The van der Waals surface area contributed by atoms with Gasteiger partial charge in [0.25, 0.3) is 0 Å². The van der Waals surface area contributed by atoms with Gasteiger partial charge in [-0.25, -0.2) is 9.36 Å². The van der Waals surface area contributed by atoms with Gasteiger partial charge in [0, 0.05) is 0 Å². The third-order valence-corrected chi connectivity index (χ3v) is 3.15. The van der Waals surface area contributed by atoms with Crippen LogP contribution in [0.2, 0.25) is 0 Å². The number of nitrogens with zero attached hydrogens (tertiary/aromatic N) is 4. The van der Waals surface area contributed by atoms with Gasteiger partial charge in [-0.05, 0) is 12.1 Å². The zero-order valence-corrected chi connectivity index (χ0v) is 11.2. The first-order valence-electron chi connectivity index (χ1n) is 6.25. The van der Waals surface area contributed by atoms with E-state index in [-0.39, 0.29) is 0 Å². The monoisotopic (exact) mass is 288 g/mol. The SMILES string of the molecule is Nc1cnn(Cc2ccc(Cn3ncc(N)c3N)o2)c1N. The maximum absolute atomic E-state index is 5.79. The average molecular weight is 288 g/mol. The van der Waals surface area contributed by atoms with E-state index in [1.165, 1.54) is 12.4 Å². The van der Waals surface area contributed by atoms with Crippen molar-refractivity contribution in [3.8, 4) is 0 Å². The number of hydrogen-bond donors (Lipinski definition) is 4. The lowest BCUT2D eigenvalue weighted by Crippen LogP contribution is -2.07. The Balaban J connectivity index is 1.74. The Bertz CT molecular complexity index is 705. The predicted molar refractivity (Wildman–Crippen MR) is 79.0 cm³/mol. The van der Waals surface area contributed by atoms with E-state index in [2.05, 4.69) is 10.2 Å². The summed E-state index contributed by atoms with van der Waals surface area (Å²) in [6.45, 7) is 0.805. The van der Waals surface area contributed by atoms with Crippen molar-refractivity contribution >= 4 is 23.0 Å². The normalized spacial score (nSPS) is 11.0. The van der Waals surface area contributed by atoms with E-state index in [4.69, 9.17) is 27.4 Å². The summed E-state index contributed by atoms with van der Waals surface area (Å²) in [5.41, 5.74) is 23.8. The second-order valence-corrected chi connectivity index (χ2v) is 4.65. The second kappa shape index (κ2) is 4.78. The third kappa shape index (κ3) is 2.36. The summed E-state index contributed by atoms with van der Waals surface area (Å²) in [6, 6.07) is 3.69. The highest BCUT2D eigenvalue weighted by molar-refractivity contribution is 5.57. The highest BCUT2D eigenvalue weighted by atomic mass is 16.3. The summed E-state index contributed by atoms with van der Waals surface area (Å²) in [6.07, 6.45) is 3.01. The number of aromatic nitrogens is 4. The molecule has 110 valence electrons. The Labute approximate surface area is 120 Å². The highest BCUT2D eigenvalue weighted by Crippen LogP contribution is 2.18. The molecule has 8 N–H and O–H groups in total. The van der Waals surface area contributed by atoms with Crippen molar-refractivity contribution in [2.45, 2.75) is 13.1 Å². The molecule has 0 atom stereocenters. The predicted octanol–water partition coefficient (Wildman–Crippen LogP) is 0.0980. The lowest BCUT2D eigenvalue weighted by Gasteiger charge is -2.03. The van der Waals surface area contributed by atoms with Gasteiger partial charge < -0.3 is 27.4 Å². The van der Waals surface area contributed by atoms with E-state index >= 15 is 0 Å². The number of anilines is 4. The number of nitrogen functional groups attached to an aromatic ring is 4. The van der Waals surface area contributed by atoms with Gasteiger partial charge in [0.05, 0.1) is 23.8 Å². The molecular weight excluding hydrogens is 272 g/mol. The van der Waals surface area contributed by atoms with Crippen LogP contribution >= 0.6 is 0 Å². The van der Waals surface area contributed by atoms with Gasteiger partial charge >= 0.3 is 0 Å². The molecule has 0 radical (unpaired) electrons. The molecule has 0 aliphatic rings. The van der Waals surface area contributed by atoms with Crippen LogP contribution in [0.15, 0.2) is 28.9 Å². The zero-order valence-electron chi connectivity index (χ0n) is 11.2. The quantitative estimate of drug-likeness (QED) is 0.531. The van der Waals surface area contributed by atoms with Crippen LogP contribution in [0.4, 0.5) is 23.0 Å². The zero-order chi connectivity index (χ0) is 15.0. The first kappa shape index (κ1) is 12.9. The van der Waals surface area contributed by atoms with Crippen LogP contribution in [-0.2, 0) is 13.1 Å². The van der Waals surface area contributed by atoms with Crippen LogP contribution < -0.4 is 22.9 Å². The summed E-state index contributed by atoms with van der Waals surface area (Å²) in [7, 11) is 0. The van der Waals surface area contributed by atoms with E-state index in [0.29, 0.717) is 47.6 Å². The number of nitrogens with two attached hydrogens (primary N) is 4. The molecule has 3 aromatic heterocycles. The van der Waals surface area contributed by atoms with Gasteiger partial charge in [-0.1, -0.05) is 0 Å². The smallest absolute Gasteiger partial charge is 0.145 e. The Hall–Kier alpha value is -3.10. The number of furan rings is 1. The molecular formula is C12H16N8O. The van der Waals surface area contributed by atoms with Crippen LogP contribution in [-0.4, -0.2) is 19.6 Å². The summed E-state index contributed by atoms with van der Waals surface area (Å²) in [5.74, 6) is 2.24. The van der Waals surface area contributed by atoms with Crippen LogP contribution in [0.1, 0.15) is 11.5 Å². The van der Waals surface area contributed by atoms with Crippen molar-refractivity contribution < 1.29 is 4.42 Å². The minimum atomic E-state index is 0.403. The fraction of sp³-hybridized carbons (Fsp3) is 0.167. The molecule has 9 nitrogen and oxygen atoms in total. The topological polar surface area (TPSA) is 153 Å². The minimum Gasteiger partial charge on any atom is -0.462 e. The van der Waals surface area contributed by atoms with Gasteiger partial charge in [0.1, 0.15) is 36.2 Å². The van der Waals surface area contributed by atoms with Crippen molar-refractivity contribution in [2.24, 2.45) is 0 Å². The fourth-order valence-corrected chi connectivity index (χ4v) is 1.96. The van der Waals surface area contributed by atoms with E-state index in [9.17, 15) is 0 Å². The second-order valence-electron chi connectivity index (χ2n) is 4.65. The molecule has 3 rings (SSSR count). The molecule has 0 aliphatic carbocycles. The standard InChI is InChI=1S/C12H16N8O/c13-9-3-17-19(11(9)15)5-7-1-2-8(21-7)6-20-12(16)10(14)4-18-20/h1-4H,5-6,13-16H2.